The van der Waals surface area contributed by atoms with Gasteiger partial charge in [0.2, 0.25) is 5.91 Å². The van der Waals surface area contributed by atoms with Gasteiger partial charge in [-0.1, -0.05) is 6.07 Å². The van der Waals surface area contributed by atoms with Gasteiger partial charge in [0.15, 0.2) is 0 Å². The van der Waals surface area contributed by atoms with Crippen LogP contribution in [0, 0.1) is 5.92 Å². The van der Waals surface area contributed by atoms with Crippen LogP contribution in [0.25, 0.3) is 0 Å². The lowest BCUT2D eigenvalue weighted by molar-refractivity contribution is -0.125. The third-order valence-electron chi connectivity index (χ3n) is 5.99. The molecule has 1 aliphatic heterocycles. The van der Waals surface area contributed by atoms with Gasteiger partial charge in [0, 0.05) is 63.6 Å². The molecule has 1 atom stereocenters. The van der Waals surface area contributed by atoms with Crippen LogP contribution < -0.4 is 10.6 Å². The fraction of sp³-hybridized carbons (Fsp3) is 0.650. The summed E-state index contributed by atoms with van der Waals surface area (Å²) in [5.74, 6) is 0.222. The number of hydrogen-bond acceptors (Lipinski definition) is 4. The van der Waals surface area contributed by atoms with Crippen molar-refractivity contribution in [3.63, 3.8) is 0 Å². The number of pyridine rings is 1. The molecule has 1 aromatic rings. The van der Waals surface area contributed by atoms with Gasteiger partial charge in [-0.3, -0.25) is 14.7 Å². The molecule has 0 radical (unpaired) electrons. The van der Waals surface area contributed by atoms with Crippen LogP contribution in [0.5, 0.6) is 0 Å². The zero-order valence-corrected chi connectivity index (χ0v) is 16.4. The van der Waals surface area contributed by atoms with E-state index in [2.05, 4.69) is 33.5 Å². The first kappa shape index (κ1) is 19.6. The van der Waals surface area contributed by atoms with Crippen molar-refractivity contribution in [1.29, 1.82) is 0 Å². The molecule has 0 spiro atoms. The van der Waals surface area contributed by atoms with Crippen LogP contribution in [0.4, 0.5) is 4.79 Å². The van der Waals surface area contributed by atoms with Crippen LogP contribution >= 0.6 is 0 Å². The third kappa shape index (κ3) is 4.97. The van der Waals surface area contributed by atoms with E-state index in [1.165, 1.54) is 5.56 Å². The lowest BCUT2D eigenvalue weighted by atomic mass is 9.85. The summed E-state index contributed by atoms with van der Waals surface area (Å²) in [6.45, 7) is 5.41. The minimum atomic E-state index is 0.0343. The molecule has 27 heavy (non-hydrogen) atoms. The number of amides is 3. The first-order valence-electron chi connectivity index (χ1n) is 9.99. The van der Waals surface area contributed by atoms with E-state index in [0.717, 1.165) is 51.9 Å². The normalized spacial score (nSPS) is 24.9. The second kappa shape index (κ2) is 9.17. The predicted molar refractivity (Wildman–Crippen MR) is 104 cm³/mol. The van der Waals surface area contributed by atoms with Gasteiger partial charge in [-0.05, 0) is 44.2 Å². The van der Waals surface area contributed by atoms with Crippen LogP contribution in [0.15, 0.2) is 24.5 Å². The van der Waals surface area contributed by atoms with Gasteiger partial charge in [0.25, 0.3) is 0 Å². The molecule has 1 aliphatic carbocycles. The van der Waals surface area contributed by atoms with Crippen molar-refractivity contribution in [3.05, 3.63) is 30.1 Å². The maximum absolute atomic E-state index is 12.6. The number of carbonyl (C=O) groups is 2. The van der Waals surface area contributed by atoms with E-state index in [0.29, 0.717) is 6.04 Å². The molecular weight excluding hydrogens is 342 g/mol. The number of hydrogen-bond donors (Lipinski definition) is 2. The van der Waals surface area contributed by atoms with Gasteiger partial charge < -0.3 is 15.5 Å². The number of nitrogens with zero attached hydrogens (tertiary/aromatic N) is 3. The van der Waals surface area contributed by atoms with E-state index in [9.17, 15) is 9.59 Å². The van der Waals surface area contributed by atoms with Gasteiger partial charge in [0.1, 0.15) is 0 Å². The number of rotatable bonds is 4. The zero-order valence-electron chi connectivity index (χ0n) is 16.4. The van der Waals surface area contributed by atoms with Crippen LogP contribution in [-0.2, 0) is 4.79 Å². The number of nitrogens with one attached hydrogen (secondary N) is 2. The molecule has 148 valence electrons. The minimum absolute atomic E-state index is 0.0343. The fourth-order valence-corrected chi connectivity index (χ4v) is 4.12. The van der Waals surface area contributed by atoms with Gasteiger partial charge in [-0.25, -0.2) is 4.79 Å². The van der Waals surface area contributed by atoms with Gasteiger partial charge in [-0.2, -0.15) is 0 Å². The van der Waals surface area contributed by atoms with Gasteiger partial charge >= 0.3 is 6.03 Å². The maximum atomic E-state index is 12.6. The fourth-order valence-electron chi connectivity index (χ4n) is 4.12. The standard InChI is InChI=1S/C20H31N5O2/c1-15(17-4-3-9-22-14-17)24-10-12-25(13-11-24)20(27)23-18-7-5-16(6-8-18)19(26)21-2/h3-4,9,14-16,18H,5-8,10-13H2,1-2H3,(H,21,26)(H,23,27). The summed E-state index contributed by atoms with van der Waals surface area (Å²) in [6, 6.07) is 4.60. The molecule has 3 amide bonds. The summed E-state index contributed by atoms with van der Waals surface area (Å²) < 4.78 is 0. The average molecular weight is 374 g/mol. The summed E-state index contributed by atoms with van der Waals surface area (Å²) in [7, 11) is 1.69. The smallest absolute Gasteiger partial charge is 0.317 e. The van der Waals surface area contributed by atoms with Crippen molar-refractivity contribution in [3.8, 4) is 0 Å². The Bertz CT molecular complexity index is 623. The lowest BCUT2D eigenvalue weighted by Gasteiger charge is -2.39. The molecule has 0 aromatic carbocycles. The van der Waals surface area contributed by atoms with Gasteiger partial charge in [0.05, 0.1) is 0 Å². The van der Waals surface area contributed by atoms with Crippen molar-refractivity contribution in [2.24, 2.45) is 5.92 Å². The molecule has 2 N–H and O–H groups in total. The van der Waals surface area contributed by atoms with E-state index < -0.39 is 0 Å². The maximum Gasteiger partial charge on any atom is 0.317 e. The Balaban J connectivity index is 1.42. The molecule has 1 unspecified atom stereocenters. The number of piperazine rings is 1. The highest BCUT2D eigenvalue weighted by Gasteiger charge is 2.29. The summed E-state index contributed by atoms with van der Waals surface area (Å²) in [5, 5.41) is 5.89. The molecule has 7 heteroatoms. The Morgan fingerprint density at radius 3 is 2.44 bits per heavy atom. The van der Waals surface area contributed by atoms with Crippen molar-refractivity contribution < 1.29 is 9.59 Å². The summed E-state index contributed by atoms with van der Waals surface area (Å²) in [5.41, 5.74) is 1.21. The third-order valence-corrected chi connectivity index (χ3v) is 5.99. The number of carbonyl (C=O) groups excluding carboxylic acids is 2. The van der Waals surface area contributed by atoms with Crippen molar-refractivity contribution in [2.45, 2.75) is 44.7 Å². The highest BCUT2D eigenvalue weighted by Crippen LogP contribution is 2.25. The Morgan fingerprint density at radius 1 is 1.15 bits per heavy atom. The minimum Gasteiger partial charge on any atom is -0.359 e. The SMILES string of the molecule is CNC(=O)C1CCC(NC(=O)N2CCN(C(C)c3cccnc3)CC2)CC1. The van der Waals surface area contributed by atoms with Crippen molar-refractivity contribution in [2.75, 3.05) is 33.2 Å². The van der Waals surface area contributed by atoms with Crippen LogP contribution in [-0.4, -0.2) is 66.0 Å². The predicted octanol–water partition coefficient (Wildman–Crippen LogP) is 1.77. The number of aromatic nitrogens is 1. The molecule has 1 aromatic heterocycles. The molecular formula is C20H31N5O2. The molecule has 2 heterocycles. The quantitative estimate of drug-likeness (QED) is 0.843. The van der Waals surface area contributed by atoms with E-state index in [1.807, 2.05) is 17.2 Å². The molecule has 1 saturated carbocycles. The Morgan fingerprint density at radius 2 is 1.85 bits per heavy atom. The van der Waals surface area contributed by atoms with E-state index in [4.69, 9.17) is 0 Å². The molecule has 1 saturated heterocycles. The molecule has 7 nitrogen and oxygen atoms in total. The van der Waals surface area contributed by atoms with Crippen LogP contribution in [0.1, 0.15) is 44.2 Å². The first-order chi connectivity index (χ1) is 13.1. The van der Waals surface area contributed by atoms with E-state index >= 15 is 0 Å². The Hall–Kier alpha value is -2.15. The Labute approximate surface area is 161 Å². The van der Waals surface area contributed by atoms with E-state index in [-0.39, 0.29) is 23.9 Å². The monoisotopic (exact) mass is 373 g/mol. The highest BCUT2D eigenvalue weighted by atomic mass is 16.2. The zero-order chi connectivity index (χ0) is 19.2. The average Bonchev–Trinajstić information content (AvgIpc) is 2.74. The summed E-state index contributed by atoms with van der Waals surface area (Å²) >= 11 is 0. The van der Waals surface area contributed by atoms with Crippen LogP contribution in [0.2, 0.25) is 0 Å². The molecule has 2 fully saturated rings. The second-order valence-electron chi connectivity index (χ2n) is 7.60. The molecule has 0 bridgehead atoms. The van der Waals surface area contributed by atoms with Crippen LogP contribution in [0.3, 0.4) is 0 Å². The highest BCUT2D eigenvalue weighted by molar-refractivity contribution is 5.78. The van der Waals surface area contributed by atoms with Crippen molar-refractivity contribution >= 4 is 11.9 Å². The molecule has 3 rings (SSSR count). The summed E-state index contributed by atoms with van der Waals surface area (Å²) in [4.78, 5) is 32.8. The molecule has 2 aliphatic rings. The lowest BCUT2D eigenvalue weighted by Crippen LogP contribution is -2.54. The largest absolute Gasteiger partial charge is 0.359 e. The number of urea groups is 1. The second-order valence-corrected chi connectivity index (χ2v) is 7.60. The first-order valence-corrected chi connectivity index (χ1v) is 9.99. The topological polar surface area (TPSA) is 77.6 Å². The Kier molecular flexibility index (Phi) is 6.66. The van der Waals surface area contributed by atoms with E-state index in [1.54, 1.807) is 13.2 Å². The van der Waals surface area contributed by atoms with Gasteiger partial charge in [-0.15, -0.1) is 0 Å². The summed E-state index contributed by atoms with van der Waals surface area (Å²) in [6.07, 6.45) is 7.16. The van der Waals surface area contributed by atoms with Crippen molar-refractivity contribution in [1.82, 2.24) is 25.4 Å².